The number of aliphatic hydroxyl groups is 1. The number of hydrogen-bond donors (Lipinski definition) is 3. The molecule has 3 aromatic rings. The van der Waals surface area contributed by atoms with E-state index < -0.39 is 41.5 Å². The molecule has 0 radical (unpaired) electrons. The van der Waals surface area contributed by atoms with E-state index in [1.165, 1.54) is 43.9 Å². The van der Waals surface area contributed by atoms with Crippen molar-refractivity contribution in [2.45, 2.75) is 44.8 Å². The van der Waals surface area contributed by atoms with Gasteiger partial charge < -0.3 is 25.1 Å². The molecule has 0 bridgehead atoms. The molecule has 12 heteroatoms. The van der Waals surface area contributed by atoms with Crippen LogP contribution < -0.4 is 11.3 Å². The minimum Gasteiger partial charge on any atom is -0.463 e. The summed E-state index contributed by atoms with van der Waals surface area (Å²) in [6.07, 6.45) is -0.320. The lowest BCUT2D eigenvalue weighted by Gasteiger charge is -2.29. The first-order chi connectivity index (χ1) is 14.6. The fourth-order valence-corrected chi connectivity index (χ4v) is 3.87. The highest BCUT2D eigenvalue weighted by atomic mass is 16.6. The summed E-state index contributed by atoms with van der Waals surface area (Å²) in [5.74, 6) is -1.18. The van der Waals surface area contributed by atoms with Crippen molar-refractivity contribution in [3.63, 3.8) is 0 Å². The van der Waals surface area contributed by atoms with E-state index in [9.17, 15) is 19.5 Å². The van der Waals surface area contributed by atoms with Gasteiger partial charge >= 0.3 is 11.9 Å². The first kappa shape index (κ1) is 20.8. The van der Waals surface area contributed by atoms with Gasteiger partial charge in [-0.2, -0.15) is 10.2 Å². The van der Waals surface area contributed by atoms with Crippen LogP contribution in [0.2, 0.25) is 0 Å². The van der Waals surface area contributed by atoms with E-state index in [1.54, 1.807) is 0 Å². The summed E-state index contributed by atoms with van der Waals surface area (Å²) in [6, 6.07) is 1.52. The number of esters is 2. The van der Waals surface area contributed by atoms with Gasteiger partial charge in [0.2, 0.25) is 0 Å². The number of carbonyl (C=O) groups excluding carboxylic acids is 2. The molecule has 0 spiro atoms. The number of H-pyrrole nitrogens is 1. The Hall–Kier alpha value is -3.51. The van der Waals surface area contributed by atoms with Gasteiger partial charge in [0.05, 0.1) is 11.6 Å². The molecule has 31 heavy (non-hydrogen) atoms. The standard InChI is InChI=1S/C19H21N5O7/c1-8(25)29-7-14-16(30-9(2)26)19(3,28)18(31-14)24-6-11-12(20)4-10-15(11)13(23-24)5-21-22-17(10)27/h4-6,14,16,18,28H,7,20H2,1-3H3,(H,22,27). The largest absolute Gasteiger partial charge is 0.463 e. The van der Waals surface area contributed by atoms with Gasteiger partial charge in [0.15, 0.2) is 12.3 Å². The van der Waals surface area contributed by atoms with Crippen molar-refractivity contribution in [3.05, 3.63) is 28.8 Å². The van der Waals surface area contributed by atoms with E-state index in [0.29, 0.717) is 27.4 Å². The van der Waals surface area contributed by atoms with Crippen molar-refractivity contribution >= 4 is 39.3 Å². The molecule has 1 fully saturated rings. The fraction of sp³-hybridized carbons (Fsp3) is 0.421. The number of carbonyl (C=O) groups is 2. The van der Waals surface area contributed by atoms with E-state index in [0.717, 1.165) is 0 Å². The van der Waals surface area contributed by atoms with E-state index in [2.05, 4.69) is 15.3 Å². The maximum atomic E-state index is 12.2. The van der Waals surface area contributed by atoms with E-state index in [-0.39, 0.29) is 6.61 Å². The van der Waals surface area contributed by atoms with Crippen molar-refractivity contribution in [1.29, 1.82) is 0 Å². The monoisotopic (exact) mass is 431 g/mol. The molecular formula is C19H21N5O7. The maximum Gasteiger partial charge on any atom is 0.303 e. The second kappa shape index (κ2) is 7.32. The molecule has 3 heterocycles. The predicted molar refractivity (Wildman–Crippen MR) is 107 cm³/mol. The molecular weight excluding hydrogens is 410 g/mol. The lowest BCUT2D eigenvalue weighted by atomic mass is 9.96. The fourth-order valence-electron chi connectivity index (χ4n) is 3.87. The van der Waals surface area contributed by atoms with Crippen molar-refractivity contribution in [3.8, 4) is 0 Å². The van der Waals surface area contributed by atoms with E-state index in [1.807, 2.05) is 0 Å². The highest BCUT2D eigenvalue weighted by Crippen LogP contribution is 2.41. The van der Waals surface area contributed by atoms with Crippen LogP contribution in [0.1, 0.15) is 27.0 Å². The summed E-state index contributed by atoms with van der Waals surface area (Å²) >= 11 is 0. The van der Waals surface area contributed by atoms with Gasteiger partial charge in [0.25, 0.3) is 5.56 Å². The normalized spacial score (nSPS) is 25.7. The summed E-state index contributed by atoms with van der Waals surface area (Å²) in [6.45, 7) is 3.62. The van der Waals surface area contributed by atoms with Gasteiger partial charge in [-0.3, -0.25) is 14.4 Å². The zero-order valence-corrected chi connectivity index (χ0v) is 17.0. The highest BCUT2D eigenvalue weighted by Gasteiger charge is 2.56. The molecule has 12 nitrogen and oxygen atoms in total. The third-order valence-electron chi connectivity index (χ3n) is 5.19. The molecule has 1 aromatic carbocycles. The van der Waals surface area contributed by atoms with Gasteiger partial charge in [-0.1, -0.05) is 0 Å². The SMILES string of the molecule is CC(=O)OCC1OC(n2cc3c(N)cc4c(=O)[nH]ncc(n2)c34)C(C)(O)C1OC(C)=O. The third-order valence-corrected chi connectivity index (χ3v) is 5.19. The van der Waals surface area contributed by atoms with Crippen LogP contribution in [0.3, 0.4) is 0 Å². The Labute approximate surface area is 174 Å². The lowest BCUT2D eigenvalue weighted by molar-refractivity contribution is -0.163. The minimum atomic E-state index is -1.74. The predicted octanol–water partition coefficient (Wildman–Crippen LogP) is -0.00180. The molecule has 164 valence electrons. The number of anilines is 1. The van der Waals surface area contributed by atoms with Crippen LogP contribution in [0.4, 0.5) is 5.69 Å². The number of hydrogen-bond acceptors (Lipinski definition) is 10. The van der Waals surface area contributed by atoms with Gasteiger partial charge in [-0.15, -0.1) is 0 Å². The molecule has 4 atom stereocenters. The topological polar surface area (TPSA) is 172 Å². The molecule has 1 aliphatic heterocycles. The van der Waals surface area contributed by atoms with Gasteiger partial charge in [0.1, 0.15) is 23.8 Å². The van der Waals surface area contributed by atoms with Crippen LogP contribution in [0.25, 0.3) is 21.7 Å². The van der Waals surface area contributed by atoms with E-state index >= 15 is 0 Å². The first-order valence-electron chi connectivity index (χ1n) is 9.42. The van der Waals surface area contributed by atoms with Crippen LogP contribution in [0.15, 0.2) is 23.3 Å². The van der Waals surface area contributed by atoms with Crippen LogP contribution >= 0.6 is 0 Å². The summed E-state index contributed by atoms with van der Waals surface area (Å²) < 4.78 is 17.5. The molecule has 2 aromatic heterocycles. The van der Waals surface area contributed by atoms with Crippen LogP contribution in [0.5, 0.6) is 0 Å². The average Bonchev–Trinajstić information content (AvgIpc) is 3.08. The highest BCUT2D eigenvalue weighted by molar-refractivity contribution is 6.14. The smallest absolute Gasteiger partial charge is 0.303 e. The third kappa shape index (κ3) is 3.49. The number of nitrogens with zero attached hydrogens (tertiary/aromatic N) is 3. The molecule has 0 aliphatic carbocycles. The molecule has 4 rings (SSSR count). The summed E-state index contributed by atoms with van der Waals surface area (Å²) in [4.78, 5) is 35.1. The molecule has 1 aliphatic rings. The molecule has 4 N–H and O–H groups in total. The number of nitrogens with one attached hydrogen (secondary N) is 1. The zero-order chi connectivity index (χ0) is 22.5. The Morgan fingerprint density at radius 2 is 2.10 bits per heavy atom. The van der Waals surface area contributed by atoms with Crippen LogP contribution in [-0.4, -0.2) is 61.4 Å². The van der Waals surface area contributed by atoms with Gasteiger partial charge in [-0.25, -0.2) is 9.78 Å². The summed E-state index contributed by atoms with van der Waals surface area (Å²) in [5.41, 5.74) is 4.60. The van der Waals surface area contributed by atoms with Crippen molar-refractivity contribution in [2.75, 3.05) is 12.3 Å². The second-order valence-electron chi connectivity index (χ2n) is 7.58. The van der Waals surface area contributed by atoms with Gasteiger partial charge in [0, 0.05) is 36.5 Å². The lowest BCUT2D eigenvalue weighted by Crippen LogP contribution is -2.47. The Morgan fingerprint density at radius 1 is 1.35 bits per heavy atom. The van der Waals surface area contributed by atoms with Crippen molar-refractivity contribution in [2.24, 2.45) is 0 Å². The Bertz CT molecular complexity index is 1250. The summed E-state index contributed by atoms with van der Waals surface area (Å²) in [5, 5.41) is 23.2. The van der Waals surface area contributed by atoms with E-state index in [4.69, 9.17) is 19.9 Å². The minimum absolute atomic E-state index is 0.238. The molecule has 0 saturated carbocycles. The molecule has 4 unspecified atom stereocenters. The molecule has 1 saturated heterocycles. The average molecular weight is 431 g/mol. The Balaban J connectivity index is 1.83. The Morgan fingerprint density at radius 3 is 2.77 bits per heavy atom. The Kier molecular flexibility index (Phi) is 4.90. The van der Waals surface area contributed by atoms with Crippen LogP contribution in [-0.2, 0) is 23.8 Å². The molecule has 0 amide bonds. The van der Waals surface area contributed by atoms with Gasteiger partial charge in [-0.05, 0) is 13.0 Å². The first-order valence-corrected chi connectivity index (χ1v) is 9.42. The quantitative estimate of drug-likeness (QED) is 0.477. The number of rotatable bonds is 4. The maximum absolute atomic E-state index is 12.2. The van der Waals surface area contributed by atoms with Crippen molar-refractivity contribution < 1.29 is 28.9 Å². The van der Waals surface area contributed by atoms with Crippen molar-refractivity contribution in [1.82, 2.24) is 20.0 Å². The number of nitrogen functional groups attached to an aromatic ring is 1. The number of ether oxygens (including phenoxy) is 3. The second-order valence-corrected chi connectivity index (χ2v) is 7.58. The number of aromatic nitrogens is 4. The summed E-state index contributed by atoms with van der Waals surface area (Å²) in [7, 11) is 0. The zero-order valence-electron chi connectivity index (χ0n) is 17.0. The number of nitrogens with two attached hydrogens (primary N) is 1. The number of aromatic amines is 1. The van der Waals surface area contributed by atoms with Crippen LogP contribution in [0, 0.1) is 0 Å².